The summed E-state index contributed by atoms with van der Waals surface area (Å²) in [5, 5.41) is 14.2. The topological polar surface area (TPSA) is 44.6 Å². The van der Waals surface area contributed by atoms with Crippen LogP contribution >= 0.6 is 15.9 Å². The standard InChI is InChI=1S/C23H29BrN2O/c1-5-16-6-8-17(9-7-16)20-13-21(19-12-18(24)10-11-22(19)27)26-23(4,25-20)14-15(2)3/h6-12,15,21,26-27H,5,13-14H2,1-4H3. The summed E-state index contributed by atoms with van der Waals surface area (Å²) in [6, 6.07) is 14.4. The lowest BCUT2D eigenvalue weighted by Crippen LogP contribution is -2.48. The normalized spacial score (nSPS) is 22.7. The zero-order valence-corrected chi connectivity index (χ0v) is 18.2. The number of nitrogens with one attached hydrogen (secondary N) is 1. The summed E-state index contributed by atoms with van der Waals surface area (Å²) < 4.78 is 0.971. The molecule has 4 heteroatoms. The minimum absolute atomic E-state index is 0.0181. The van der Waals surface area contributed by atoms with E-state index in [1.54, 1.807) is 6.07 Å². The second-order valence-corrected chi connectivity index (χ2v) is 9.00. The van der Waals surface area contributed by atoms with E-state index in [0.717, 1.165) is 35.0 Å². The number of hydrogen-bond donors (Lipinski definition) is 2. The Morgan fingerprint density at radius 3 is 2.56 bits per heavy atom. The summed E-state index contributed by atoms with van der Waals surface area (Å²) in [6.45, 7) is 8.77. The number of benzene rings is 2. The Labute approximate surface area is 171 Å². The molecule has 27 heavy (non-hydrogen) atoms. The lowest BCUT2D eigenvalue weighted by atomic mass is 9.89. The van der Waals surface area contributed by atoms with E-state index in [9.17, 15) is 5.11 Å². The van der Waals surface area contributed by atoms with Gasteiger partial charge < -0.3 is 5.11 Å². The van der Waals surface area contributed by atoms with Gasteiger partial charge in [0, 0.05) is 28.2 Å². The van der Waals surface area contributed by atoms with Gasteiger partial charge in [0.15, 0.2) is 0 Å². The molecule has 0 radical (unpaired) electrons. The molecule has 0 saturated carbocycles. The molecule has 1 aliphatic heterocycles. The zero-order valence-electron chi connectivity index (χ0n) is 16.6. The van der Waals surface area contributed by atoms with Crippen LogP contribution in [0.3, 0.4) is 0 Å². The number of aliphatic imine (C=N–C) groups is 1. The number of phenols is 1. The molecule has 2 aromatic rings. The van der Waals surface area contributed by atoms with Gasteiger partial charge in [-0.15, -0.1) is 0 Å². The number of phenolic OH excluding ortho intramolecular Hbond substituents is 1. The van der Waals surface area contributed by atoms with E-state index in [-0.39, 0.29) is 11.7 Å². The Kier molecular flexibility index (Phi) is 6.07. The fourth-order valence-electron chi connectivity index (χ4n) is 4.00. The van der Waals surface area contributed by atoms with Gasteiger partial charge in [-0.3, -0.25) is 10.3 Å². The first-order valence-electron chi connectivity index (χ1n) is 9.74. The lowest BCUT2D eigenvalue weighted by Gasteiger charge is -2.39. The van der Waals surface area contributed by atoms with Gasteiger partial charge in [0.25, 0.3) is 0 Å². The van der Waals surface area contributed by atoms with E-state index >= 15 is 0 Å². The molecule has 2 atom stereocenters. The van der Waals surface area contributed by atoms with E-state index in [4.69, 9.17) is 4.99 Å². The van der Waals surface area contributed by atoms with E-state index < -0.39 is 0 Å². The molecule has 1 heterocycles. The van der Waals surface area contributed by atoms with Gasteiger partial charge in [-0.05, 0) is 55.0 Å². The highest BCUT2D eigenvalue weighted by atomic mass is 79.9. The molecule has 3 nitrogen and oxygen atoms in total. The van der Waals surface area contributed by atoms with Crippen molar-refractivity contribution in [1.82, 2.24) is 5.32 Å². The minimum Gasteiger partial charge on any atom is -0.508 e. The van der Waals surface area contributed by atoms with E-state index in [0.29, 0.717) is 11.7 Å². The number of rotatable bonds is 5. The Morgan fingerprint density at radius 2 is 1.93 bits per heavy atom. The molecular weight excluding hydrogens is 400 g/mol. The van der Waals surface area contributed by atoms with Gasteiger partial charge in [0.2, 0.25) is 0 Å². The van der Waals surface area contributed by atoms with Crippen molar-refractivity contribution in [2.45, 2.75) is 58.7 Å². The molecule has 0 amide bonds. The summed E-state index contributed by atoms with van der Waals surface area (Å²) >= 11 is 3.54. The third-order valence-electron chi connectivity index (χ3n) is 5.13. The molecule has 0 bridgehead atoms. The first-order chi connectivity index (χ1) is 12.8. The largest absolute Gasteiger partial charge is 0.508 e. The molecule has 0 saturated heterocycles. The van der Waals surface area contributed by atoms with E-state index in [2.05, 4.69) is 73.2 Å². The van der Waals surface area contributed by atoms with Gasteiger partial charge in [-0.1, -0.05) is 61.0 Å². The molecule has 2 unspecified atom stereocenters. The van der Waals surface area contributed by atoms with Crippen LogP contribution < -0.4 is 5.32 Å². The van der Waals surface area contributed by atoms with Crippen molar-refractivity contribution >= 4 is 21.6 Å². The fourth-order valence-corrected chi connectivity index (χ4v) is 4.38. The number of aryl methyl sites for hydroxylation is 1. The predicted molar refractivity (Wildman–Crippen MR) is 117 cm³/mol. The highest BCUT2D eigenvalue weighted by Gasteiger charge is 2.35. The SMILES string of the molecule is CCc1ccc(C2=NC(C)(CC(C)C)NC(c3cc(Br)ccc3O)C2)cc1. The van der Waals surface area contributed by atoms with Crippen molar-refractivity contribution in [3.05, 3.63) is 63.6 Å². The maximum Gasteiger partial charge on any atom is 0.120 e. The Bertz CT molecular complexity index is 829. The maximum atomic E-state index is 10.5. The molecule has 144 valence electrons. The Balaban J connectivity index is 2.01. The van der Waals surface area contributed by atoms with Crippen LogP contribution in [0.4, 0.5) is 0 Å². The van der Waals surface area contributed by atoms with Crippen molar-refractivity contribution in [2.24, 2.45) is 10.9 Å². The van der Waals surface area contributed by atoms with Crippen molar-refractivity contribution in [3.63, 3.8) is 0 Å². The maximum absolute atomic E-state index is 10.5. The first kappa shape index (κ1) is 20.1. The molecule has 2 N–H and O–H groups in total. The van der Waals surface area contributed by atoms with Gasteiger partial charge in [-0.25, -0.2) is 0 Å². The van der Waals surface area contributed by atoms with Crippen LogP contribution in [-0.2, 0) is 6.42 Å². The summed E-state index contributed by atoms with van der Waals surface area (Å²) in [4.78, 5) is 5.12. The monoisotopic (exact) mass is 428 g/mol. The van der Waals surface area contributed by atoms with Crippen LogP contribution in [0.2, 0.25) is 0 Å². The summed E-state index contributed by atoms with van der Waals surface area (Å²) in [5.74, 6) is 0.843. The molecular formula is C23H29BrN2O. The lowest BCUT2D eigenvalue weighted by molar-refractivity contribution is 0.257. The quantitative estimate of drug-likeness (QED) is 0.612. The second kappa shape index (κ2) is 8.15. The third-order valence-corrected chi connectivity index (χ3v) is 5.62. The third kappa shape index (κ3) is 4.80. The van der Waals surface area contributed by atoms with Gasteiger partial charge in [0.1, 0.15) is 11.4 Å². The van der Waals surface area contributed by atoms with Crippen LogP contribution in [0.15, 0.2) is 51.9 Å². The van der Waals surface area contributed by atoms with Crippen molar-refractivity contribution in [3.8, 4) is 5.75 Å². The van der Waals surface area contributed by atoms with Crippen molar-refractivity contribution in [2.75, 3.05) is 0 Å². The molecule has 3 rings (SSSR count). The zero-order chi connectivity index (χ0) is 19.6. The van der Waals surface area contributed by atoms with Gasteiger partial charge in [0.05, 0.1) is 0 Å². The molecule has 0 spiro atoms. The highest BCUT2D eigenvalue weighted by Crippen LogP contribution is 2.36. The molecule has 0 fully saturated rings. The van der Waals surface area contributed by atoms with Crippen LogP contribution in [-0.4, -0.2) is 16.5 Å². The Hall–Kier alpha value is -1.65. The number of halogens is 1. The van der Waals surface area contributed by atoms with Crippen LogP contribution in [0.1, 0.15) is 63.3 Å². The molecule has 2 aromatic carbocycles. The van der Waals surface area contributed by atoms with Gasteiger partial charge >= 0.3 is 0 Å². The fraction of sp³-hybridized carbons (Fsp3) is 0.435. The predicted octanol–water partition coefficient (Wildman–Crippen LogP) is 6.00. The first-order valence-corrected chi connectivity index (χ1v) is 10.5. The highest BCUT2D eigenvalue weighted by molar-refractivity contribution is 9.10. The molecule has 0 aliphatic carbocycles. The minimum atomic E-state index is -0.357. The average molecular weight is 429 g/mol. The number of nitrogens with zero attached hydrogens (tertiary/aromatic N) is 1. The molecule has 0 aromatic heterocycles. The number of aromatic hydroxyl groups is 1. The van der Waals surface area contributed by atoms with Crippen LogP contribution in [0.25, 0.3) is 0 Å². The Morgan fingerprint density at radius 1 is 1.22 bits per heavy atom. The smallest absolute Gasteiger partial charge is 0.120 e. The summed E-state index contributed by atoms with van der Waals surface area (Å²) in [7, 11) is 0. The van der Waals surface area contributed by atoms with Crippen molar-refractivity contribution < 1.29 is 5.11 Å². The molecule has 1 aliphatic rings. The van der Waals surface area contributed by atoms with Gasteiger partial charge in [-0.2, -0.15) is 0 Å². The second-order valence-electron chi connectivity index (χ2n) is 8.08. The van der Waals surface area contributed by atoms with Crippen LogP contribution in [0.5, 0.6) is 5.75 Å². The van der Waals surface area contributed by atoms with E-state index in [1.807, 2.05) is 12.1 Å². The number of hydrogen-bond acceptors (Lipinski definition) is 3. The summed E-state index contributed by atoms with van der Waals surface area (Å²) in [6.07, 6.45) is 2.73. The average Bonchev–Trinajstić information content (AvgIpc) is 2.62. The summed E-state index contributed by atoms with van der Waals surface area (Å²) in [5.41, 5.74) is 4.16. The van der Waals surface area contributed by atoms with Crippen LogP contribution in [0, 0.1) is 5.92 Å². The van der Waals surface area contributed by atoms with E-state index in [1.165, 1.54) is 11.1 Å². The van der Waals surface area contributed by atoms with Crippen molar-refractivity contribution in [1.29, 1.82) is 0 Å².